The summed E-state index contributed by atoms with van der Waals surface area (Å²) in [5.41, 5.74) is 1.49. The molecule has 2 aromatic rings. The van der Waals surface area contributed by atoms with E-state index in [1.165, 1.54) is 55.9 Å². The maximum Gasteiger partial charge on any atom is 0.273 e. The van der Waals surface area contributed by atoms with Crippen molar-refractivity contribution in [1.29, 1.82) is 5.26 Å². The van der Waals surface area contributed by atoms with Gasteiger partial charge in [0.25, 0.3) is 5.69 Å². The molecule has 1 aliphatic carbocycles. The SMILES string of the molecule is N#Cc1ccc([N+](=O)[O-])cc1Oc1ccc(C2CCCCC2)cc1. The quantitative estimate of drug-likeness (QED) is 0.565. The highest BCUT2D eigenvalue weighted by Gasteiger charge is 2.16. The Hall–Kier alpha value is -2.87. The minimum absolute atomic E-state index is 0.0946. The second-order valence-electron chi connectivity index (χ2n) is 6.06. The van der Waals surface area contributed by atoms with Crippen molar-refractivity contribution in [2.75, 3.05) is 0 Å². The first-order chi connectivity index (χ1) is 11.7. The number of nitrogens with zero attached hydrogens (tertiary/aromatic N) is 2. The summed E-state index contributed by atoms with van der Waals surface area (Å²) in [6, 6.07) is 13.8. The van der Waals surface area contributed by atoms with Crippen LogP contribution in [0.15, 0.2) is 42.5 Å². The molecule has 0 spiro atoms. The molecule has 0 unspecified atom stereocenters. The van der Waals surface area contributed by atoms with Crippen LogP contribution in [-0.2, 0) is 0 Å². The number of hydrogen-bond acceptors (Lipinski definition) is 4. The van der Waals surface area contributed by atoms with Gasteiger partial charge in [-0.25, -0.2) is 0 Å². The Bertz CT molecular complexity index is 772. The topological polar surface area (TPSA) is 76.2 Å². The van der Waals surface area contributed by atoms with Gasteiger partial charge in [0.15, 0.2) is 5.75 Å². The zero-order valence-corrected chi connectivity index (χ0v) is 13.3. The molecular weight excluding hydrogens is 304 g/mol. The zero-order valence-electron chi connectivity index (χ0n) is 13.3. The Morgan fingerprint density at radius 3 is 2.42 bits per heavy atom. The maximum atomic E-state index is 10.9. The third-order valence-electron chi connectivity index (χ3n) is 4.48. The molecule has 0 atom stereocenters. The predicted octanol–water partition coefficient (Wildman–Crippen LogP) is 5.31. The summed E-state index contributed by atoms with van der Waals surface area (Å²) >= 11 is 0. The molecule has 5 nitrogen and oxygen atoms in total. The fourth-order valence-electron chi connectivity index (χ4n) is 3.17. The van der Waals surface area contributed by atoms with Crippen LogP contribution in [0.5, 0.6) is 11.5 Å². The first-order valence-electron chi connectivity index (χ1n) is 8.14. The minimum Gasteiger partial charge on any atom is -0.456 e. The average molecular weight is 322 g/mol. The van der Waals surface area contributed by atoms with Gasteiger partial charge in [-0.05, 0) is 42.5 Å². The number of benzene rings is 2. The van der Waals surface area contributed by atoms with Crippen molar-refractivity contribution in [3.63, 3.8) is 0 Å². The number of non-ortho nitro benzene ring substituents is 1. The van der Waals surface area contributed by atoms with E-state index in [1.807, 2.05) is 18.2 Å². The second kappa shape index (κ2) is 7.14. The molecule has 0 radical (unpaired) electrons. The van der Waals surface area contributed by atoms with Gasteiger partial charge in [-0.3, -0.25) is 10.1 Å². The van der Waals surface area contributed by atoms with Crippen molar-refractivity contribution < 1.29 is 9.66 Å². The van der Waals surface area contributed by atoms with Crippen molar-refractivity contribution in [2.24, 2.45) is 0 Å². The third-order valence-corrected chi connectivity index (χ3v) is 4.48. The fourth-order valence-corrected chi connectivity index (χ4v) is 3.17. The molecule has 0 amide bonds. The van der Waals surface area contributed by atoms with Gasteiger partial charge in [0.1, 0.15) is 11.8 Å². The van der Waals surface area contributed by atoms with Gasteiger partial charge >= 0.3 is 0 Å². The van der Waals surface area contributed by atoms with Gasteiger partial charge in [-0.1, -0.05) is 31.4 Å². The van der Waals surface area contributed by atoms with E-state index in [4.69, 9.17) is 10.00 Å². The Labute approximate surface area is 140 Å². The first-order valence-corrected chi connectivity index (χ1v) is 8.14. The Morgan fingerprint density at radius 2 is 1.79 bits per heavy atom. The molecule has 3 rings (SSSR count). The van der Waals surface area contributed by atoms with Gasteiger partial charge in [-0.15, -0.1) is 0 Å². The number of ether oxygens (including phenoxy) is 1. The van der Waals surface area contributed by atoms with Gasteiger partial charge < -0.3 is 4.74 Å². The summed E-state index contributed by atoms with van der Waals surface area (Å²) < 4.78 is 5.71. The zero-order chi connectivity index (χ0) is 16.9. The van der Waals surface area contributed by atoms with Crippen molar-refractivity contribution >= 4 is 5.69 Å². The number of rotatable bonds is 4. The van der Waals surface area contributed by atoms with E-state index < -0.39 is 4.92 Å². The summed E-state index contributed by atoms with van der Waals surface area (Å²) in [6.45, 7) is 0. The lowest BCUT2D eigenvalue weighted by Gasteiger charge is -2.22. The lowest BCUT2D eigenvalue weighted by molar-refractivity contribution is -0.384. The summed E-state index contributed by atoms with van der Waals surface area (Å²) in [4.78, 5) is 10.4. The summed E-state index contributed by atoms with van der Waals surface area (Å²) in [5, 5.41) is 20.0. The van der Waals surface area contributed by atoms with E-state index in [2.05, 4.69) is 12.1 Å². The molecule has 0 aliphatic heterocycles. The van der Waals surface area contributed by atoms with Crippen LogP contribution in [0.2, 0.25) is 0 Å². The number of nitriles is 1. The van der Waals surface area contributed by atoms with Crippen molar-refractivity contribution in [1.82, 2.24) is 0 Å². The number of nitro groups is 1. The largest absolute Gasteiger partial charge is 0.456 e. The van der Waals surface area contributed by atoms with Crippen LogP contribution in [-0.4, -0.2) is 4.92 Å². The van der Waals surface area contributed by atoms with Gasteiger partial charge in [-0.2, -0.15) is 5.26 Å². The van der Waals surface area contributed by atoms with E-state index in [9.17, 15) is 10.1 Å². The molecule has 0 saturated heterocycles. The number of hydrogen-bond donors (Lipinski definition) is 0. The van der Waals surface area contributed by atoms with Crippen LogP contribution < -0.4 is 4.74 Å². The standard InChI is InChI=1S/C19H18N2O3/c20-13-16-6-9-17(21(22)23)12-19(16)24-18-10-7-15(8-11-18)14-4-2-1-3-5-14/h6-12,14H,1-5H2. The Kier molecular flexibility index (Phi) is 4.76. The summed E-state index contributed by atoms with van der Waals surface area (Å²) in [5.74, 6) is 1.39. The van der Waals surface area contributed by atoms with E-state index in [1.54, 1.807) is 0 Å². The van der Waals surface area contributed by atoms with Crippen LogP contribution in [0.4, 0.5) is 5.69 Å². The van der Waals surface area contributed by atoms with E-state index >= 15 is 0 Å². The molecule has 24 heavy (non-hydrogen) atoms. The highest BCUT2D eigenvalue weighted by Crippen LogP contribution is 2.34. The molecule has 1 fully saturated rings. The first kappa shape index (κ1) is 16.0. The van der Waals surface area contributed by atoms with E-state index in [0.29, 0.717) is 11.7 Å². The van der Waals surface area contributed by atoms with Crippen molar-refractivity contribution in [3.8, 4) is 17.6 Å². The minimum atomic E-state index is -0.500. The monoisotopic (exact) mass is 322 g/mol. The van der Waals surface area contributed by atoms with Gasteiger partial charge in [0.2, 0.25) is 0 Å². The molecule has 1 saturated carbocycles. The van der Waals surface area contributed by atoms with E-state index in [0.717, 1.165) is 0 Å². The third kappa shape index (κ3) is 3.54. The highest BCUT2D eigenvalue weighted by atomic mass is 16.6. The van der Waals surface area contributed by atoms with Crippen LogP contribution in [0.3, 0.4) is 0 Å². The molecule has 122 valence electrons. The molecular formula is C19H18N2O3. The Balaban J connectivity index is 1.79. The smallest absolute Gasteiger partial charge is 0.273 e. The molecule has 0 aromatic heterocycles. The molecule has 5 heteroatoms. The predicted molar refractivity (Wildman–Crippen MR) is 90.2 cm³/mol. The van der Waals surface area contributed by atoms with E-state index in [-0.39, 0.29) is 17.0 Å². The normalized spacial score (nSPS) is 14.8. The van der Waals surface area contributed by atoms with Gasteiger partial charge in [0.05, 0.1) is 16.6 Å². The Morgan fingerprint density at radius 1 is 1.08 bits per heavy atom. The van der Waals surface area contributed by atoms with Crippen LogP contribution in [0, 0.1) is 21.4 Å². The van der Waals surface area contributed by atoms with Crippen LogP contribution >= 0.6 is 0 Å². The van der Waals surface area contributed by atoms with Crippen LogP contribution in [0.25, 0.3) is 0 Å². The molecule has 0 heterocycles. The fraction of sp³-hybridized carbons (Fsp3) is 0.316. The maximum absolute atomic E-state index is 10.9. The van der Waals surface area contributed by atoms with Crippen molar-refractivity contribution in [3.05, 3.63) is 63.7 Å². The molecule has 1 aliphatic rings. The molecule has 0 N–H and O–H groups in total. The summed E-state index contributed by atoms with van der Waals surface area (Å²) in [7, 11) is 0. The molecule has 0 bridgehead atoms. The average Bonchev–Trinajstić information content (AvgIpc) is 2.63. The summed E-state index contributed by atoms with van der Waals surface area (Å²) in [6.07, 6.45) is 6.33. The highest BCUT2D eigenvalue weighted by molar-refractivity contribution is 5.51. The lowest BCUT2D eigenvalue weighted by atomic mass is 9.84. The second-order valence-corrected chi connectivity index (χ2v) is 6.06. The van der Waals surface area contributed by atoms with Crippen molar-refractivity contribution in [2.45, 2.75) is 38.0 Å². The number of nitro benzene ring substituents is 1. The molecule has 2 aromatic carbocycles. The lowest BCUT2D eigenvalue weighted by Crippen LogP contribution is -2.04. The van der Waals surface area contributed by atoms with Crippen LogP contribution in [0.1, 0.15) is 49.1 Å². The van der Waals surface area contributed by atoms with Gasteiger partial charge in [0, 0.05) is 6.07 Å².